The first-order valence-corrected chi connectivity index (χ1v) is 8.69. The molecule has 0 bridgehead atoms. The van der Waals surface area contributed by atoms with Crippen LogP contribution >= 0.6 is 0 Å². The third kappa shape index (κ3) is 2.53. The van der Waals surface area contributed by atoms with E-state index in [9.17, 15) is 0 Å². The van der Waals surface area contributed by atoms with Gasteiger partial charge in [0.2, 0.25) is 0 Å². The number of rotatable bonds is 4. The van der Waals surface area contributed by atoms with Gasteiger partial charge in [0.25, 0.3) is 0 Å². The van der Waals surface area contributed by atoms with Crippen molar-refractivity contribution < 1.29 is 0 Å². The molecular formula is C19H30N2. The fraction of sp³-hybridized carbons (Fsp3) is 0.684. The first-order valence-electron chi connectivity index (χ1n) is 8.69. The molecule has 0 atom stereocenters. The minimum atomic E-state index is 0.192. The van der Waals surface area contributed by atoms with Crippen molar-refractivity contribution in [2.75, 3.05) is 19.6 Å². The summed E-state index contributed by atoms with van der Waals surface area (Å²) < 4.78 is 0. The Morgan fingerprint density at radius 2 is 1.52 bits per heavy atom. The van der Waals surface area contributed by atoms with Gasteiger partial charge in [-0.05, 0) is 55.3 Å². The molecule has 2 nitrogen and oxygen atoms in total. The van der Waals surface area contributed by atoms with Crippen molar-refractivity contribution in [1.82, 2.24) is 4.90 Å². The Morgan fingerprint density at radius 3 is 1.95 bits per heavy atom. The van der Waals surface area contributed by atoms with E-state index < -0.39 is 0 Å². The highest BCUT2D eigenvalue weighted by molar-refractivity contribution is 5.36. The Labute approximate surface area is 129 Å². The van der Waals surface area contributed by atoms with E-state index >= 15 is 0 Å². The molecule has 2 aliphatic rings. The molecule has 1 aromatic carbocycles. The van der Waals surface area contributed by atoms with E-state index in [1.165, 1.54) is 49.9 Å². The minimum absolute atomic E-state index is 0.192. The van der Waals surface area contributed by atoms with Crippen molar-refractivity contribution in [2.24, 2.45) is 11.1 Å². The second-order valence-corrected chi connectivity index (χ2v) is 7.24. The van der Waals surface area contributed by atoms with Gasteiger partial charge in [-0.1, -0.05) is 51.0 Å². The fourth-order valence-corrected chi connectivity index (χ4v) is 4.58. The fourth-order valence-electron chi connectivity index (χ4n) is 4.58. The van der Waals surface area contributed by atoms with Crippen molar-refractivity contribution in [3.05, 3.63) is 35.4 Å². The molecule has 1 aliphatic heterocycles. The molecule has 1 aromatic rings. The molecule has 116 valence electrons. The number of hydrogen-bond acceptors (Lipinski definition) is 2. The second-order valence-electron chi connectivity index (χ2n) is 7.24. The van der Waals surface area contributed by atoms with Crippen LogP contribution in [0.1, 0.15) is 50.7 Å². The van der Waals surface area contributed by atoms with Crippen molar-refractivity contribution in [3.8, 4) is 0 Å². The molecule has 1 heterocycles. The summed E-state index contributed by atoms with van der Waals surface area (Å²) in [5, 5.41) is 0. The van der Waals surface area contributed by atoms with Crippen LogP contribution < -0.4 is 5.73 Å². The van der Waals surface area contributed by atoms with Gasteiger partial charge in [0.05, 0.1) is 0 Å². The van der Waals surface area contributed by atoms with Crippen LogP contribution in [0.5, 0.6) is 0 Å². The van der Waals surface area contributed by atoms with Crippen LogP contribution in [0.3, 0.4) is 0 Å². The zero-order valence-corrected chi connectivity index (χ0v) is 13.7. The number of benzene rings is 1. The maximum atomic E-state index is 6.27. The molecule has 1 fully saturated rings. The zero-order valence-electron chi connectivity index (χ0n) is 13.7. The number of fused-ring (bicyclic) bond motifs is 1. The average molecular weight is 286 g/mol. The molecule has 2 N–H and O–H groups in total. The summed E-state index contributed by atoms with van der Waals surface area (Å²) >= 11 is 0. The molecule has 0 aromatic heterocycles. The van der Waals surface area contributed by atoms with E-state index in [4.69, 9.17) is 5.73 Å². The summed E-state index contributed by atoms with van der Waals surface area (Å²) in [7, 11) is 0. The topological polar surface area (TPSA) is 29.3 Å². The van der Waals surface area contributed by atoms with Gasteiger partial charge in [-0.25, -0.2) is 0 Å². The summed E-state index contributed by atoms with van der Waals surface area (Å²) in [5.41, 5.74) is 10.1. The molecule has 0 amide bonds. The lowest BCUT2D eigenvalue weighted by atomic mass is 9.73. The van der Waals surface area contributed by atoms with Crippen molar-refractivity contribution in [3.63, 3.8) is 0 Å². The van der Waals surface area contributed by atoms with Gasteiger partial charge >= 0.3 is 0 Å². The summed E-state index contributed by atoms with van der Waals surface area (Å²) in [6.07, 6.45) is 7.63. The largest absolute Gasteiger partial charge is 0.329 e. The van der Waals surface area contributed by atoms with Gasteiger partial charge in [-0.3, -0.25) is 4.90 Å². The van der Waals surface area contributed by atoms with E-state index in [2.05, 4.69) is 43.0 Å². The first kappa shape index (κ1) is 15.1. The van der Waals surface area contributed by atoms with Crippen LogP contribution in [-0.2, 0) is 12.8 Å². The standard InChI is InChI=1S/C19H30N2/c1-3-18(4-2)9-11-21(12-10-18)19(15-20)13-16-7-5-6-8-17(16)14-19/h5-8H,3-4,9-15,20H2,1-2H3. The monoisotopic (exact) mass is 286 g/mol. The Hall–Kier alpha value is -0.860. The van der Waals surface area contributed by atoms with Crippen LogP contribution in [0.4, 0.5) is 0 Å². The number of piperidine rings is 1. The minimum Gasteiger partial charge on any atom is -0.329 e. The van der Waals surface area contributed by atoms with Crippen LogP contribution in [0, 0.1) is 5.41 Å². The average Bonchev–Trinajstić information content (AvgIpc) is 2.95. The van der Waals surface area contributed by atoms with Gasteiger partial charge in [-0.15, -0.1) is 0 Å². The first-order chi connectivity index (χ1) is 10.2. The van der Waals surface area contributed by atoms with Crippen LogP contribution in [-0.4, -0.2) is 30.1 Å². The predicted molar refractivity (Wildman–Crippen MR) is 89.5 cm³/mol. The highest BCUT2D eigenvalue weighted by atomic mass is 15.2. The number of hydrogen-bond donors (Lipinski definition) is 1. The summed E-state index contributed by atoms with van der Waals surface area (Å²) in [6, 6.07) is 8.92. The molecule has 0 spiro atoms. The van der Waals surface area contributed by atoms with Crippen LogP contribution in [0.2, 0.25) is 0 Å². The van der Waals surface area contributed by atoms with Crippen LogP contribution in [0.15, 0.2) is 24.3 Å². The van der Waals surface area contributed by atoms with E-state index in [1.54, 1.807) is 0 Å². The molecule has 0 radical (unpaired) electrons. The van der Waals surface area contributed by atoms with Crippen molar-refractivity contribution >= 4 is 0 Å². The second kappa shape index (κ2) is 5.73. The lowest BCUT2D eigenvalue weighted by Crippen LogP contribution is -2.58. The predicted octanol–water partition coefficient (Wildman–Crippen LogP) is 3.38. The highest BCUT2D eigenvalue weighted by Crippen LogP contribution is 2.42. The molecule has 0 unspecified atom stereocenters. The third-order valence-corrected chi connectivity index (χ3v) is 6.53. The molecule has 2 heteroatoms. The quantitative estimate of drug-likeness (QED) is 0.919. The van der Waals surface area contributed by atoms with Crippen molar-refractivity contribution in [1.29, 1.82) is 0 Å². The molecule has 0 saturated carbocycles. The van der Waals surface area contributed by atoms with E-state index in [0.717, 1.165) is 19.4 Å². The van der Waals surface area contributed by atoms with Crippen LogP contribution in [0.25, 0.3) is 0 Å². The molecule has 21 heavy (non-hydrogen) atoms. The van der Waals surface area contributed by atoms with E-state index in [0.29, 0.717) is 5.41 Å². The summed E-state index contributed by atoms with van der Waals surface area (Å²) in [5.74, 6) is 0. The summed E-state index contributed by atoms with van der Waals surface area (Å²) in [6.45, 7) is 7.97. The van der Waals surface area contributed by atoms with E-state index in [-0.39, 0.29) is 5.54 Å². The van der Waals surface area contributed by atoms with Gasteiger partial charge in [-0.2, -0.15) is 0 Å². The van der Waals surface area contributed by atoms with E-state index in [1.807, 2.05) is 0 Å². The molecule has 1 aliphatic carbocycles. The molecular weight excluding hydrogens is 256 g/mol. The summed E-state index contributed by atoms with van der Waals surface area (Å²) in [4.78, 5) is 2.72. The lowest BCUT2D eigenvalue weighted by molar-refractivity contribution is 0.0208. The maximum absolute atomic E-state index is 6.27. The van der Waals surface area contributed by atoms with Gasteiger partial charge in [0.15, 0.2) is 0 Å². The van der Waals surface area contributed by atoms with Gasteiger partial charge in [0, 0.05) is 12.1 Å². The Bertz CT molecular complexity index is 455. The zero-order chi connectivity index (χ0) is 14.9. The lowest BCUT2D eigenvalue weighted by Gasteiger charge is -2.48. The molecule has 3 rings (SSSR count). The van der Waals surface area contributed by atoms with Gasteiger partial charge < -0.3 is 5.73 Å². The number of nitrogens with zero attached hydrogens (tertiary/aromatic N) is 1. The molecule has 1 saturated heterocycles. The highest BCUT2D eigenvalue weighted by Gasteiger charge is 2.44. The maximum Gasteiger partial charge on any atom is 0.0412 e. The number of likely N-dealkylation sites (tertiary alicyclic amines) is 1. The SMILES string of the molecule is CCC1(CC)CCN(C2(CN)Cc3ccccc3C2)CC1. The Kier molecular flexibility index (Phi) is 4.11. The third-order valence-electron chi connectivity index (χ3n) is 6.53. The smallest absolute Gasteiger partial charge is 0.0412 e. The van der Waals surface area contributed by atoms with Gasteiger partial charge in [0.1, 0.15) is 0 Å². The van der Waals surface area contributed by atoms with Crippen molar-refractivity contribution in [2.45, 2.75) is 57.9 Å². The number of nitrogens with two attached hydrogens (primary N) is 1. The normalized spacial score (nSPS) is 24.0. The Balaban J connectivity index is 1.75. The Morgan fingerprint density at radius 1 is 1.00 bits per heavy atom.